The fraction of sp³-hybridized carbons (Fsp3) is 0.235. The predicted molar refractivity (Wildman–Crippen MR) is 84.8 cm³/mol. The van der Waals surface area contributed by atoms with Gasteiger partial charge in [0.25, 0.3) is 5.91 Å². The number of nitrogens with zero attached hydrogens (tertiary/aromatic N) is 1. The molecular weight excluding hydrogens is 286 g/mol. The molecule has 0 saturated carbocycles. The number of phenolic OH excluding ortho intramolecular Hbond substituents is 1. The van der Waals surface area contributed by atoms with Gasteiger partial charge in [-0.3, -0.25) is 4.79 Å². The van der Waals surface area contributed by atoms with E-state index in [1.54, 1.807) is 31.0 Å². The van der Waals surface area contributed by atoms with Crippen LogP contribution in [0.1, 0.15) is 34.5 Å². The molecule has 0 saturated heterocycles. The first-order valence-electron chi connectivity index (χ1n) is 6.73. The number of amides is 1. The summed E-state index contributed by atoms with van der Waals surface area (Å²) in [5, 5.41) is 10.1. The summed E-state index contributed by atoms with van der Waals surface area (Å²) in [6.07, 6.45) is 0. The number of aryl methyl sites for hydroxylation is 1. The van der Waals surface area contributed by atoms with E-state index in [1.807, 2.05) is 31.2 Å². The molecule has 21 heavy (non-hydrogen) atoms. The van der Waals surface area contributed by atoms with Gasteiger partial charge < -0.3 is 10.0 Å². The van der Waals surface area contributed by atoms with Crippen LogP contribution in [0, 0.1) is 6.92 Å². The van der Waals surface area contributed by atoms with E-state index < -0.39 is 0 Å². The zero-order chi connectivity index (χ0) is 15.6. The number of benzene rings is 2. The molecule has 1 amide bonds. The Kier molecular flexibility index (Phi) is 4.53. The molecule has 3 nitrogen and oxygen atoms in total. The van der Waals surface area contributed by atoms with Crippen molar-refractivity contribution in [3.8, 4) is 5.75 Å². The van der Waals surface area contributed by atoms with Gasteiger partial charge in [-0.05, 0) is 49.2 Å². The summed E-state index contributed by atoms with van der Waals surface area (Å²) in [4.78, 5) is 14.3. The Morgan fingerprint density at radius 1 is 1.24 bits per heavy atom. The van der Waals surface area contributed by atoms with Crippen molar-refractivity contribution in [2.45, 2.75) is 19.9 Å². The lowest BCUT2D eigenvalue weighted by atomic mass is 10.0. The lowest BCUT2D eigenvalue weighted by molar-refractivity contribution is 0.0742. The normalized spacial score (nSPS) is 12.0. The van der Waals surface area contributed by atoms with E-state index in [9.17, 15) is 9.90 Å². The number of carbonyl (C=O) groups is 1. The summed E-state index contributed by atoms with van der Waals surface area (Å²) in [7, 11) is 1.75. The van der Waals surface area contributed by atoms with E-state index in [2.05, 4.69) is 0 Å². The molecule has 0 radical (unpaired) electrons. The molecule has 0 aromatic heterocycles. The van der Waals surface area contributed by atoms with Crippen LogP contribution in [0.15, 0.2) is 42.5 Å². The molecule has 1 atom stereocenters. The van der Waals surface area contributed by atoms with Crippen LogP contribution in [-0.4, -0.2) is 23.0 Å². The van der Waals surface area contributed by atoms with Crippen LogP contribution < -0.4 is 0 Å². The maximum Gasteiger partial charge on any atom is 0.254 e. The van der Waals surface area contributed by atoms with Gasteiger partial charge in [0.1, 0.15) is 5.75 Å². The van der Waals surface area contributed by atoms with E-state index >= 15 is 0 Å². The molecule has 0 aliphatic carbocycles. The van der Waals surface area contributed by atoms with Crippen molar-refractivity contribution in [2.75, 3.05) is 7.05 Å². The molecule has 0 bridgehead atoms. The summed E-state index contributed by atoms with van der Waals surface area (Å²) < 4.78 is 0. The number of halogens is 1. The number of carbonyl (C=O) groups excluding carboxylic acids is 1. The van der Waals surface area contributed by atoms with Crippen molar-refractivity contribution >= 4 is 17.5 Å². The Hall–Kier alpha value is -2.00. The second-order valence-electron chi connectivity index (χ2n) is 5.11. The lowest BCUT2D eigenvalue weighted by Crippen LogP contribution is -2.30. The summed E-state index contributed by atoms with van der Waals surface area (Å²) in [6, 6.07) is 12.1. The number of hydrogen-bond donors (Lipinski definition) is 1. The van der Waals surface area contributed by atoms with Gasteiger partial charge in [0.2, 0.25) is 0 Å². The molecule has 4 heteroatoms. The topological polar surface area (TPSA) is 40.5 Å². The molecule has 0 heterocycles. The Morgan fingerprint density at radius 3 is 2.52 bits per heavy atom. The maximum absolute atomic E-state index is 12.6. The molecular formula is C17H18ClNO2. The fourth-order valence-electron chi connectivity index (χ4n) is 2.28. The maximum atomic E-state index is 12.6. The average molecular weight is 304 g/mol. The van der Waals surface area contributed by atoms with Crippen molar-refractivity contribution in [2.24, 2.45) is 0 Å². The number of aromatic hydroxyl groups is 1. The minimum Gasteiger partial charge on any atom is -0.508 e. The predicted octanol–water partition coefficient (Wildman–Crippen LogP) is 4.19. The van der Waals surface area contributed by atoms with Crippen molar-refractivity contribution < 1.29 is 9.90 Å². The van der Waals surface area contributed by atoms with Gasteiger partial charge in [-0.25, -0.2) is 0 Å². The Labute approximate surface area is 129 Å². The zero-order valence-electron chi connectivity index (χ0n) is 12.3. The molecule has 1 unspecified atom stereocenters. The molecule has 2 aromatic rings. The van der Waals surface area contributed by atoms with Gasteiger partial charge in [-0.2, -0.15) is 0 Å². The van der Waals surface area contributed by atoms with Crippen LogP contribution in [0.5, 0.6) is 5.75 Å². The summed E-state index contributed by atoms with van der Waals surface area (Å²) in [5.74, 6) is 0.0609. The number of hydrogen-bond acceptors (Lipinski definition) is 2. The third-order valence-corrected chi connectivity index (χ3v) is 4.04. The standard InChI is InChI=1S/C17H18ClNO2/c1-11-10-13(20)8-9-14(11)17(21)19(3)12(2)15-6-4-5-7-16(15)18/h4-10,12,20H,1-3H3. The Balaban J connectivity index is 2.29. The van der Waals surface area contributed by atoms with E-state index in [1.165, 1.54) is 6.07 Å². The quantitative estimate of drug-likeness (QED) is 0.923. The highest BCUT2D eigenvalue weighted by Crippen LogP contribution is 2.28. The van der Waals surface area contributed by atoms with Crippen molar-refractivity contribution in [1.82, 2.24) is 4.90 Å². The first kappa shape index (κ1) is 15.4. The molecule has 1 N–H and O–H groups in total. The lowest BCUT2D eigenvalue weighted by Gasteiger charge is -2.26. The summed E-state index contributed by atoms with van der Waals surface area (Å²) >= 11 is 6.19. The smallest absolute Gasteiger partial charge is 0.254 e. The minimum absolute atomic E-state index is 0.0973. The van der Waals surface area contributed by atoms with Crippen LogP contribution in [0.3, 0.4) is 0 Å². The van der Waals surface area contributed by atoms with Gasteiger partial charge >= 0.3 is 0 Å². The van der Waals surface area contributed by atoms with E-state index in [-0.39, 0.29) is 17.7 Å². The highest BCUT2D eigenvalue weighted by atomic mass is 35.5. The molecule has 2 aromatic carbocycles. The van der Waals surface area contributed by atoms with Crippen LogP contribution >= 0.6 is 11.6 Å². The van der Waals surface area contributed by atoms with E-state index in [4.69, 9.17) is 11.6 Å². The number of phenols is 1. The van der Waals surface area contributed by atoms with Gasteiger partial charge in [0.15, 0.2) is 0 Å². The van der Waals surface area contributed by atoms with Gasteiger partial charge in [0, 0.05) is 17.6 Å². The second kappa shape index (κ2) is 6.19. The van der Waals surface area contributed by atoms with E-state index in [0.29, 0.717) is 10.6 Å². The highest BCUT2D eigenvalue weighted by Gasteiger charge is 2.21. The number of rotatable bonds is 3. The van der Waals surface area contributed by atoms with Gasteiger partial charge in [-0.1, -0.05) is 29.8 Å². The molecule has 0 spiro atoms. The first-order chi connectivity index (χ1) is 9.91. The minimum atomic E-state index is -0.139. The van der Waals surface area contributed by atoms with Gasteiger partial charge in [0.05, 0.1) is 6.04 Å². The van der Waals surface area contributed by atoms with Crippen LogP contribution in [0.2, 0.25) is 5.02 Å². The van der Waals surface area contributed by atoms with Crippen molar-refractivity contribution in [3.63, 3.8) is 0 Å². The van der Waals surface area contributed by atoms with Crippen LogP contribution in [-0.2, 0) is 0 Å². The van der Waals surface area contributed by atoms with Crippen LogP contribution in [0.25, 0.3) is 0 Å². The summed E-state index contributed by atoms with van der Waals surface area (Å²) in [5.41, 5.74) is 2.24. The van der Waals surface area contributed by atoms with Gasteiger partial charge in [-0.15, -0.1) is 0 Å². The first-order valence-corrected chi connectivity index (χ1v) is 7.11. The molecule has 0 fully saturated rings. The highest BCUT2D eigenvalue weighted by molar-refractivity contribution is 6.31. The molecule has 2 rings (SSSR count). The molecule has 0 aliphatic rings. The van der Waals surface area contributed by atoms with Crippen molar-refractivity contribution in [3.05, 3.63) is 64.2 Å². The van der Waals surface area contributed by atoms with E-state index in [0.717, 1.165) is 11.1 Å². The Bertz CT molecular complexity index is 670. The second-order valence-corrected chi connectivity index (χ2v) is 5.52. The molecule has 110 valence electrons. The average Bonchev–Trinajstić information content (AvgIpc) is 2.45. The third kappa shape index (κ3) is 3.19. The molecule has 0 aliphatic heterocycles. The summed E-state index contributed by atoms with van der Waals surface area (Å²) in [6.45, 7) is 3.75. The Morgan fingerprint density at radius 2 is 1.90 bits per heavy atom. The third-order valence-electron chi connectivity index (χ3n) is 3.70. The zero-order valence-corrected chi connectivity index (χ0v) is 13.1. The SMILES string of the molecule is Cc1cc(O)ccc1C(=O)N(C)C(C)c1ccccc1Cl. The van der Waals surface area contributed by atoms with Crippen LogP contribution in [0.4, 0.5) is 0 Å². The van der Waals surface area contributed by atoms with Crippen molar-refractivity contribution in [1.29, 1.82) is 0 Å². The fourth-order valence-corrected chi connectivity index (χ4v) is 2.57. The largest absolute Gasteiger partial charge is 0.508 e. The monoisotopic (exact) mass is 303 g/mol.